The monoisotopic (exact) mass is 715 g/mol. The summed E-state index contributed by atoms with van der Waals surface area (Å²) in [6.07, 6.45) is 12.4. The van der Waals surface area contributed by atoms with Gasteiger partial charge in [-0.1, -0.05) is 20.8 Å². The molecule has 0 radical (unpaired) electrons. The summed E-state index contributed by atoms with van der Waals surface area (Å²) in [6.45, 7) is 23.6. The Bertz CT molecular complexity index is 1320. The third-order valence-electron chi connectivity index (χ3n) is 16.4. The Labute approximate surface area is 308 Å². The molecule has 290 valence electrons. The van der Waals surface area contributed by atoms with Gasteiger partial charge in [0.1, 0.15) is 11.7 Å². The Balaban J connectivity index is 0.902. The first kappa shape index (κ1) is 37.0. The topological polar surface area (TPSA) is 89.9 Å². The predicted octanol–water partition coefficient (Wildman–Crippen LogP) is 7.03. The van der Waals surface area contributed by atoms with E-state index in [1.54, 1.807) is 0 Å². The van der Waals surface area contributed by atoms with E-state index in [9.17, 15) is 9.90 Å². The minimum atomic E-state index is -0.911. The first-order chi connectivity index (χ1) is 23.9. The number of carbonyl (C=O) groups excluding carboxylic acids is 1. The lowest BCUT2D eigenvalue weighted by molar-refractivity contribution is -0.250. The molecule has 5 aliphatic carbocycles. The second-order valence-corrected chi connectivity index (χ2v) is 20.8. The van der Waals surface area contributed by atoms with Crippen LogP contribution >= 0.6 is 0 Å². The molecule has 1 amide bonds. The van der Waals surface area contributed by atoms with Crippen molar-refractivity contribution in [2.24, 2.45) is 45.3 Å². The predicted molar refractivity (Wildman–Crippen MR) is 195 cm³/mol. The summed E-state index contributed by atoms with van der Waals surface area (Å²) in [5.74, 6) is 2.87. The smallest absolute Gasteiger partial charge is 0.410 e. The molecule has 1 N–H and O–H groups in total. The van der Waals surface area contributed by atoms with Gasteiger partial charge in [0.2, 0.25) is 0 Å². The number of likely N-dealkylation sites (tertiary alicyclic amines) is 1. The lowest BCUT2D eigenvalue weighted by Crippen LogP contribution is -2.64. The number of amides is 1. The van der Waals surface area contributed by atoms with E-state index in [0.29, 0.717) is 66.5 Å². The summed E-state index contributed by atoms with van der Waals surface area (Å²) in [5, 5.41) is 11.0. The standard InChI is InChI=1S/C42H70N2O7/c1-10-47-35(39(7,8)46)30-13-11-28-31(49-30)21-29-27-12-14-32-38(5,6)33(15-16-42(32)25-41(27,42)18-17-40(28,29)9)50-34-24-43(19-20-48-34)26-22-44(23-26)36(45)51-37(2,3)4/h26-35,46H,10-25H2,1-9H3/t27?,28?,29?,30?,31?,32?,33-,34?,35?,40?,41?,42?/m0/s1. The Kier molecular flexibility index (Phi) is 9.08. The molecule has 9 nitrogen and oxygen atoms in total. The summed E-state index contributed by atoms with van der Waals surface area (Å²) >= 11 is 0. The molecule has 3 saturated heterocycles. The molecule has 0 aromatic heterocycles. The Morgan fingerprint density at radius 3 is 2.37 bits per heavy atom. The molecular weight excluding hydrogens is 644 g/mol. The normalized spacial score (nSPS) is 45.7. The van der Waals surface area contributed by atoms with Crippen molar-refractivity contribution >= 4 is 6.09 Å². The van der Waals surface area contributed by atoms with Gasteiger partial charge < -0.3 is 33.7 Å². The fraction of sp³-hybridized carbons (Fsp3) is 0.976. The van der Waals surface area contributed by atoms with E-state index in [0.717, 1.165) is 37.8 Å². The zero-order chi connectivity index (χ0) is 36.4. The third-order valence-corrected chi connectivity index (χ3v) is 16.4. The van der Waals surface area contributed by atoms with Crippen molar-refractivity contribution in [1.82, 2.24) is 9.80 Å². The van der Waals surface area contributed by atoms with Crippen LogP contribution in [0, 0.1) is 45.3 Å². The van der Waals surface area contributed by atoms with Crippen LogP contribution in [0.1, 0.15) is 127 Å². The van der Waals surface area contributed by atoms with Crippen LogP contribution in [0.5, 0.6) is 0 Å². The van der Waals surface area contributed by atoms with Gasteiger partial charge in [-0.3, -0.25) is 4.90 Å². The third kappa shape index (κ3) is 5.95. The molecular formula is C42H70N2O7. The summed E-state index contributed by atoms with van der Waals surface area (Å²) < 4.78 is 32.0. The molecule has 3 aliphatic heterocycles. The molecule has 9 heteroatoms. The van der Waals surface area contributed by atoms with Crippen LogP contribution in [0.4, 0.5) is 4.79 Å². The largest absolute Gasteiger partial charge is 0.444 e. The lowest BCUT2D eigenvalue weighted by atomic mass is 9.46. The van der Waals surface area contributed by atoms with Crippen molar-refractivity contribution in [3.05, 3.63) is 0 Å². The first-order valence-corrected chi connectivity index (χ1v) is 20.9. The molecule has 8 fully saturated rings. The van der Waals surface area contributed by atoms with E-state index in [-0.39, 0.29) is 36.1 Å². The molecule has 5 saturated carbocycles. The van der Waals surface area contributed by atoms with Gasteiger partial charge >= 0.3 is 6.09 Å². The maximum atomic E-state index is 12.5. The molecule has 12 atom stereocenters. The van der Waals surface area contributed by atoms with Crippen LogP contribution in [0.25, 0.3) is 0 Å². The molecule has 8 aliphatic rings. The molecule has 8 rings (SSSR count). The van der Waals surface area contributed by atoms with Crippen LogP contribution in [-0.4, -0.2) is 108 Å². The van der Waals surface area contributed by atoms with Crippen LogP contribution < -0.4 is 0 Å². The van der Waals surface area contributed by atoms with E-state index in [2.05, 4.69) is 25.7 Å². The molecule has 0 aromatic carbocycles. The fourth-order valence-corrected chi connectivity index (χ4v) is 14.1. The summed E-state index contributed by atoms with van der Waals surface area (Å²) in [6, 6.07) is 0.345. The van der Waals surface area contributed by atoms with Crippen molar-refractivity contribution in [2.45, 2.75) is 174 Å². The van der Waals surface area contributed by atoms with E-state index in [1.807, 2.05) is 46.4 Å². The number of hydrogen-bond acceptors (Lipinski definition) is 8. The number of aliphatic hydroxyl groups is 1. The van der Waals surface area contributed by atoms with Gasteiger partial charge in [0.15, 0.2) is 6.29 Å². The summed E-state index contributed by atoms with van der Waals surface area (Å²) in [7, 11) is 0. The van der Waals surface area contributed by atoms with Crippen LogP contribution in [0.15, 0.2) is 0 Å². The Morgan fingerprint density at radius 1 is 0.922 bits per heavy atom. The zero-order valence-electron chi connectivity index (χ0n) is 33.4. The van der Waals surface area contributed by atoms with E-state index >= 15 is 0 Å². The van der Waals surface area contributed by atoms with Gasteiger partial charge in [0.05, 0.1) is 37.1 Å². The fourth-order valence-electron chi connectivity index (χ4n) is 14.1. The lowest BCUT2D eigenvalue weighted by Gasteiger charge is -2.60. The quantitative estimate of drug-likeness (QED) is 0.301. The number of ether oxygens (including phenoxy) is 5. The van der Waals surface area contributed by atoms with Gasteiger partial charge in [-0.05, 0) is 151 Å². The second kappa shape index (κ2) is 12.5. The first-order valence-electron chi connectivity index (χ1n) is 20.9. The highest BCUT2D eigenvalue weighted by Crippen LogP contribution is 2.87. The summed E-state index contributed by atoms with van der Waals surface area (Å²) in [5.41, 5.74) is 0.0552. The van der Waals surface area contributed by atoms with Gasteiger partial charge in [0.25, 0.3) is 0 Å². The van der Waals surface area contributed by atoms with Crippen molar-refractivity contribution in [1.29, 1.82) is 0 Å². The number of hydrogen-bond donors (Lipinski definition) is 1. The average Bonchev–Trinajstić information content (AvgIpc) is 3.59. The van der Waals surface area contributed by atoms with Gasteiger partial charge in [-0.15, -0.1) is 0 Å². The number of carbonyl (C=O) groups is 1. The summed E-state index contributed by atoms with van der Waals surface area (Å²) in [4.78, 5) is 16.8. The maximum absolute atomic E-state index is 12.5. The molecule has 11 unspecified atom stereocenters. The SMILES string of the molecule is CCOC(C1CCC2C(CC3C4CCC5C(C)(C)[C@@H](OC6CN(C7CN(C(=O)OC(C)(C)C)C7)CCO6)CCC56CC46CCC23C)O1)C(C)(C)O. The molecule has 0 bridgehead atoms. The van der Waals surface area contributed by atoms with E-state index in [4.69, 9.17) is 23.7 Å². The van der Waals surface area contributed by atoms with E-state index in [1.165, 1.54) is 51.4 Å². The second-order valence-electron chi connectivity index (χ2n) is 20.8. The van der Waals surface area contributed by atoms with Crippen molar-refractivity contribution in [3.63, 3.8) is 0 Å². The Morgan fingerprint density at radius 2 is 1.67 bits per heavy atom. The number of rotatable bonds is 7. The van der Waals surface area contributed by atoms with Crippen LogP contribution in [0.2, 0.25) is 0 Å². The number of morpholine rings is 1. The minimum Gasteiger partial charge on any atom is -0.444 e. The molecule has 51 heavy (non-hydrogen) atoms. The highest BCUT2D eigenvalue weighted by molar-refractivity contribution is 5.69. The molecule has 3 heterocycles. The molecule has 2 spiro atoms. The van der Waals surface area contributed by atoms with Crippen molar-refractivity contribution in [2.75, 3.05) is 39.4 Å². The minimum absolute atomic E-state index is 0.0242. The van der Waals surface area contributed by atoms with Crippen LogP contribution in [-0.2, 0) is 23.7 Å². The van der Waals surface area contributed by atoms with Crippen molar-refractivity contribution < 1.29 is 33.6 Å². The van der Waals surface area contributed by atoms with Gasteiger partial charge in [-0.25, -0.2) is 4.79 Å². The zero-order valence-corrected chi connectivity index (χ0v) is 33.4. The molecule has 0 aromatic rings. The van der Waals surface area contributed by atoms with Crippen molar-refractivity contribution in [3.8, 4) is 0 Å². The van der Waals surface area contributed by atoms with Gasteiger partial charge in [-0.2, -0.15) is 0 Å². The highest BCUT2D eigenvalue weighted by atomic mass is 16.7. The van der Waals surface area contributed by atoms with E-state index < -0.39 is 11.2 Å². The Hall–Kier alpha value is -0.970. The highest BCUT2D eigenvalue weighted by Gasteiger charge is 2.80. The number of fused-ring (bicyclic) bond motifs is 4. The average molecular weight is 715 g/mol. The number of nitrogens with zero attached hydrogens (tertiary/aromatic N) is 2. The van der Waals surface area contributed by atoms with Crippen LogP contribution in [0.3, 0.4) is 0 Å². The van der Waals surface area contributed by atoms with Gasteiger partial charge in [0, 0.05) is 32.3 Å². The maximum Gasteiger partial charge on any atom is 0.410 e.